The lowest BCUT2D eigenvalue weighted by atomic mass is 9.94. The Morgan fingerprint density at radius 1 is 1.25 bits per heavy atom. The summed E-state index contributed by atoms with van der Waals surface area (Å²) in [6.45, 7) is 2.04. The molecule has 84 valence electrons. The van der Waals surface area contributed by atoms with Gasteiger partial charge in [0.25, 0.3) is 0 Å². The van der Waals surface area contributed by atoms with Crippen LogP contribution >= 0.6 is 0 Å². The van der Waals surface area contributed by atoms with Gasteiger partial charge in [-0.25, -0.2) is 0 Å². The third kappa shape index (κ3) is 1.45. The Labute approximate surface area is 95.8 Å². The Balaban J connectivity index is 2.21. The van der Waals surface area contributed by atoms with Gasteiger partial charge in [0.05, 0.1) is 0 Å². The summed E-state index contributed by atoms with van der Waals surface area (Å²) < 4.78 is 0. The monoisotopic (exact) mass is 214 g/mol. The van der Waals surface area contributed by atoms with Crippen LogP contribution in [0, 0.1) is 0 Å². The maximum absolute atomic E-state index is 5.94. The summed E-state index contributed by atoms with van der Waals surface area (Å²) in [6, 6.07) is 6.70. The molecule has 3 N–H and O–H groups in total. The highest BCUT2D eigenvalue weighted by Crippen LogP contribution is 2.30. The second kappa shape index (κ2) is 3.63. The zero-order valence-electron chi connectivity index (χ0n) is 9.72. The van der Waals surface area contributed by atoms with Crippen molar-refractivity contribution in [1.29, 1.82) is 0 Å². The van der Waals surface area contributed by atoms with Gasteiger partial charge in [0.15, 0.2) is 0 Å². The van der Waals surface area contributed by atoms with Crippen molar-refractivity contribution in [3.05, 3.63) is 35.0 Å². The quantitative estimate of drug-likeness (QED) is 0.752. The highest BCUT2D eigenvalue weighted by molar-refractivity contribution is 5.85. The SMILES string of the molecule is CC(N)c1ccc2[nH]c3c(c2c1)CCCC3. The molecular formula is C14H18N2. The molecule has 1 aliphatic rings. The third-order valence-electron chi connectivity index (χ3n) is 3.65. The van der Waals surface area contributed by atoms with Gasteiger partial charge in [0.2, 0.25) is 0 Å². The van der Waals surface area contributed by atoms with Crippen molar-refractivity contribution in [2.75, 3.05) is 0 Å². The molecule has 1 unspecified atom stereocenters. The predicted molar refractivity (Wildman–Crippen MR) is 67.5 cm³/mol. The van der Waals surface area contributed by atoms with Crippen LogP contribution in [-0.4, -0.2) is 4.98 Å². The molecule has 0 saturated heterocycles. The van der Waals surface area contributed by atoms with E-state index in [4.69, 9.17) is 5.73 Å². The van der Waals surface area contributed by atoms with Gasteiger partial charge in [-0.15, -0.1) is 0 Å². The lowest BCUT2D eigenvalue weighted by Gasteiger charge is -2.11. The lowest BCUT2D eigenvalue weighted by molar-refractivity contribution is 0.680. The number of aromatic nitrogens is 1. The number of aryl methyl sites for hydroxylation is 2. The molecule has 1 aromatic carbocycles. The molecule has 0 amide bonds. The molecule has 1 aliphatic carbocycles. The highest BCUT2D eigenvalue weighted by Gasteiger charge is 2.15. The molecule has 2 aromatic rings. The fourth-order valence-corrected chi connectivity index (χ4v) is 2.71. The van der Waals surface area contributed by atoms with E-state index in [1.807, 2.05) is 6.92 Å². The summed E-state index contributed by atoms with van der Waals surface area (Å²) in [7, 11) is 0. The first-order chi connectivity index (χ1) is 7.75. The highest BCUT2D eigenvalue weighted by atomic mass is 14.7. The summed E-state index contributed by atoms with van der Waals surface area (Å²) in [5.74, 6) is 0. The molecule has 1 atom stereocenters. The zero-order chi connectivity index (χ0) is 11.1. The zero-order valence-corrected chi connectivity index (χ0v) is 9.72. The average molecular weight is 214 g/mol. The second-order valence-corrected chi connectivity index (χ2v) is 4.88. The number of benzene rings is 1. The van der Waals surface area contributed by atoms with Crippen LogP contribution in [0.1, 0.15) is 42.6 Å². The van der Waals surface area contributed by atoms with Gasteiger partial charge in [-0.05, 0) is 55.9 Å². The lowest BCUT2D eigenvalue weighted by Crippen LogP contribution is -2.04. The summed E-state index contributed by atoms with van der Waals surface area (Å²) in [4.78, 5) is 3.54. The van der Waals surface area contributed by atoms with Crippen LogP contribution in [0.25, 0.3) is 10.9 Å². The van der Waals surface area contributed by atoms with Crippen LogP contribution in [0.4, 0.5) is 0 Å². The topological polar surface area (TPSA) is 41.8 Å². The van der Waals surface area contributed by atoms with E-state index in [9.17, 15) is 0 Å². The largest absolute Gasteiger partial charge is 0.358 e. The maximum atomic E-state index is 5.94. The van der Waals surface area contributed by atoms with Gasteiger partial charge in [-0.2, -0.15) is 0 Å². The Kier molecular flexibility index (Phi) is 2.25. The van der Waals surface area contributed by atoms with E-state index in [-0.39, 0.29) is 6.04 Å². The summed E-state index contributed by atoms with van der Waals surface area (Å²) in [6.07, 6.45) is 5.07. The van der Waals surface area contributed by atoms with Gasteiger partial charge in [-0.1, -0.05) is 6.07 Å². The van der Waals surface area contributed by atoms with Gasteiger partial charge in [0, 0.05) is 22.6 Å². The van der Waals surface area contributed by atoms with Crippen LogP contribution in [0.5, 0.6) is 0 Å². The van der Waals surface area contributed by atoms with Crippen LogP contribution in [-0.2, 0) is 12.8 Å². The van der Waals surface area contributed by atoms with Crippen molar-refractivity contribution in [2.24, 2.45) is 5.73 Å². The van der Waals surface area contributed by atoms with E-state index in [0.29, 0.717) is 0 Å². The molecule has 2 nitrogen and oxygen atoms in total. The maximum Gasteiger partial charge on any atom is 0.0459 e. The van der Waals surface area contributed by atoms with Crippen LogP contribution < -0.4 is 5.73 Å². The summed E-state index contributed by atoms with van der Waals surface area (Å²) in [5.41, 5.74) is 11.4. The molecule has 0 bridgehead atoms. The number of hydrogen-bond donors (Lipinski definition) is 2. The number of nitrogens with one attached hydrogen (secondary N) is 1. The van der Waals surface area contributed by atoms with E-state index in [0.717, 1.165) is 0 Å². The van der Waals surface area contributed by atoms with Crippen molar-refractivity contribution in [2.45, 2.75) is 38.6 Å². The number of rotatable bonds is 1. The normalized spacial score (nSPS) is 17.4. The van der Waals surface area contributed by atoms with Crippen LogP contribution in [0.3, 0.4) is 0 Å². The fraction of sp³-hybridized carbons (Fsp3) is 0.429. The Hall–Kier alpha value is -1.28. The van der Waals surface area contributed by atoms with Gasteiger partial charge in [-0.3, -0.25) is 0 Å². The fourth-order valence-electron chi connectivity index (χ4n) is 2.71. The van der Waals surface area contributed by atoms with E-state index in [1.54, 1.807) is 0 Å². The van der Waals surface area contributed by atoms with Crippen molar-refractivity contribution in [3.63, 3.8) is 0 Å². The molecule has 0 radical (unpaired) electrons. The van der Waals surface area contributed by atoms with Crippen molar-refractivity contribution in [3.8, 4) is 0 Å². The van der Waals surface area contributed by atoms with Crippen LogP contribution in [0.15, 0.2) is 18.2 Å². The smallest absolute Gasteiger partial charge is 0.0459 e. The van der Waals surface area contributed by atoms with E-state index >= 15 is 0 Å². The minimum Gasteiger partial charge on any atom is -0.358 e. The van der Waals surface area contributed by atoms with Crippen molar-refractivity contribution < 1.29 is 0 Å². The Morgan fingerprint density at radius 2 is 2.06 bits per heavy atom. The first kappa shape index (κ1) is 9.91. The molecule has 1 heterocycles. The molecule has 0 fully saturated rings. The summed E-state index contributed by atoms with van der Waals surface area (Å²) in [5, 5.41) is 1.39. The number of hydrogen-bond acceptors (Lipinski definition) is 1. The molecule has 2 heteroatoms. The molecule has 16 heavy (non-hydrogen) atoms. The van der Waals surface area contributed by atoms with Gasteiger partial charge in [0.1, 0.15) is 0 Å². The standard InChI is InChI=1S/C14H18N2/c1-9(15)10-6-7-14-12(8-10)11-4-2-3-5-13(11)16-14/h6-9,16H,2-5,15H2,1H3. The first-order valence-electron chi connectivity index (χ1n) is 6.14. The van der Waals surface area contributed by atoms with Crippen molar-refractivity contribution >= 4 is 10.9 Å². The molecule has 0 aliphatic heterocycles. The van der Waals surface area contributed by atoms with E-state index in [1.165, 1.54) is 53.4 Å². The molecule has 1 aromatic heterocycles. The third-order valence-corrected chi connectivity index (χ3v) is 3.65. The number of fused-ring (bicyclic) bond motifs is 3. The Bertz CT molecular complexity index is 523. The molecular weight excluding hydrogens is 196 g/mol. The van der Waals surface area contributed by atoms with Gasteiger partial charge < -0.3 is 10.7 Å². The van der Waals surface area contributed by atoms with Crippen LogP contribution in [0.2, 0.25) is 0 Å². The minimum absolute atomic E-state index is 0.124. The molecule has 0 spiro atoms. The first-order valence-corrected chi connectivity index (χ1v) is 6.14. The average Bonchev–Trinajstić information content (AvgIpc) is 2.66. The van der Waals surface area contributed by atoms with Crippen molar-refractivity contribution in [1.82, 2.24) is 4.98 Å². The number of nitrogens with two attached hydrogens (primary N) is 1. The Morgan fingerprint density at radius 3 is 2.88 bits per heavy atom. The number of H-pyrrole nitrogens is 1. The molecule has 3 rings (SSSR count). The second-order valence-electron chi connectivity index (χ2n) is 4.88. The minimum atomic E-state index is 0.124. The summed E-state index contributed by atoms with van der Waals surface area (Å²) >= 11 is 0. The van der Waals surface area contributed by atoms with E-state index < -0.39 is 0 Å². The predicted octanol–water partition coefficient (Wildman–Crippen LogP) is 3.07. The number of aromatic amines is 1. The molecule has 0 saturated carbocycles. The van der Waals surface area contributed by atoms with E-state index in [2.05, 4.69) is 23.2 Å². The van der Waals surface area contributed by atoms with Gasteiger partial charge >= 0.3 is 0 Å².